The van der Waals surface area contributed by atoms with Gasteiger partial charge in [-0.25, -0.2) is 4.98 Å². The molecule has 5 nitrogen and oxygen atoms in total. The Morgan fingerprint density at radius 1 is 1.61 bits per heavy atom. The molecular formula is C12H14N2O3S. The monoisotopic (exact) mass is 266 g/mol. The van der Waals surface area contributed by atoms with E-state index >= 15 is 0 Å². The van der Waals surface area contributed by atoms with Crippen LogP contribution in [0, 0.1) is 0 Å². The van der Waals surface area contributed by atoms with Gasteiger partial charge in [-0.15, -0.1) is 11.3 Å². The number of fused-ring (bicyclic) bond motifs is 1. The van der Waals surface area contributed by atoms with Crippen LogP contribution in [0.5, 0.6) is 5.75 Å². The highest BCUT2D eigenvalue weighted by molar-refractivity contribution is 7.20. The highest BCUT2D eigenvalue weighted by Crippen LogP contribution is 2.26. The summed E-state index contributed by atoms with van der Waals surface area (Å²) in [5.41, 5.74) is 0.767. The molecule has 1 aromatic heterocycles. The molecular weight excluding hydrogens is 252 g/mol. The number of thiazole rings is 1. The third-order valence-electron chi connectivity index (χ3n) is 2.35. The average molecular weight is 266 g/mol. The van der Waals surface area contributed by atoms with Crippen LogP contribution in [0.4, 0.5) is 0 Å². The SMILES string of the molecule is COc1ccc2nc(C(=O)NCC(C)O)sc2c1. The van der Waals surface area contributed by atoms with Crippen molar-refractivity contribution in [1.29, 1.82) is 0 Å². The topological polar surface area (TPSA) is 71.5 Å². The van der Waals surface area contributed by atoms with E-state index < -0.39 is 6.10 Å². The maximum absolute atomic E-state index is 11.8. The number of benzene rings is 1. The number of amides is 1. The first-order valence-corrected chi connectivity index (χ1v) is 6.32. The van der Waals surface area contributed by atoms with Crippen molar-refractivity contribution in [2.75, 3.05) is 13.7 Å². The number of aliphatic hydroxyl groups excluding tert-OH is 1. The molecule has 6 heteroatoms. The molecule has 2 rings (SSSR count). The summed E-state index contributed by atoms with van der Waals surface area (Å²) in [5.74, 6) is 0.471. The number of hydrogen-bond acceptors (Lipinski definition) is 5. The van der Waals surface area contributed by atoms with E-state index in [1.54, 1.807) is 20.1 Å². The second kappa shape index (κ2) is 5.32. The largest absolute Gasteiger partial charge is 0.497 e. The van der Waals surface area contributed by atoms with Crippen molar-refractivity contribution in [1.82, 2.24) is 10.3 Å². The number of rotatable bonds is 4. The summed E-state index contributed by atoms with van der Waals surface area (Å²) in [7, 11) is 1.60. The molecule has 1 amide bonds. The number of hydrogen-bond donors (Lipinski definition) is 2. The van der Waals surface area contributed by atoms with E-state index in [0.717, 1.165) is 16.0 Å². The summed E-state index contributed by atoms with van der Waals surface area (Å²) in [6.07, 6.45) is -0.566. The van der Waals surface area contributed by atoms with Gasteiger partial charge in [0.2, 0.25) is 0 Å². The Balaban J connectivity index is 2.21. The van der Waals surface area contributed by atoms with Gasteiger partial charge in [0.1, 0.15) is 5.75 Å². The fourth-order valence-electron chi connectivity index (χ4n) is 1.45. The average Bonchev–Trinajstić information content (AvgIpc) is 2.78. The number of methoxy groups -OCH3 is 1. The van der Waals surface area contributed by atoms with Crippen molar-refractivity contribution >= 4 is 27.5 Å². The zero-order valence-corrected chi connectivity index (χ0v) is 11.0. The first kappa shape index (κ1) is 12.8. The van der Waals surface area contributed by atoms with Crippen LogP contribution in [-0.4, -0.2) is 35.8 Å². The Labute approximate surface area is 108 Å². The number of aromatic nitrogens is 1. The van der Waals surface area contributed by atoms with E-state index in [2.05, 4.69) is 10.3 Å². The van der Waals surface area contributed by atoms with E-state index in [1.807, 2.05) is 12.1 Å². The third kappa shape index (κ3) is 2.77. The van der Waals surface area contributed by atoms with E-state index in [9.17, 15) is 4.79 Å². The predicted octanol–water partition coefficient (Wildman–Crippen LogP) is 1.42. The lowest BCUT2D eigenvalue weighted by Gasteiger charge is -2.04. The summed E-state index contributed by atoms with van der Waals surface area (Å²) in [5, 5.41) is 12.1. The molecule has 0 aliphatic rings. The van der Waals surface area contributed by atoms with E-state index in [1.165, 1.54) is 11.3 Å². The van der Waals surface area contributed by atoms with Crippen molar-refractivity contribution in [3.63, 3.8) is 0 Å². The minimum atomic E-state index is -0.566. The van der Waals surface area contributed by atoms with Crippen molar-refractivity contribution in [3.8, 4) is 5.75 Å². The smallest absolute Gasteiger partial charge is 0.280 e. The predicted molar refractivity (Wildman–Crippen MR) is 70.2 cm³/mol. The van der Waals surface area contributed by atoms with Crippen molar-refractivity contribution < 1.29 is 14.6 Å². The second-order valence-electron chi connectivity index (χ2n) is 3.91. The zero-order valence-electron chi connectivity index (χ0n) is 10.1. The molecule has 18 heavy (non-hydrogen) atoms. The van der Waals surface area contributed by atoms with E-state index in [0.29, 0.717) is 5.01 Å². The van der Waals surface area contributed by atoms with Gasteiger partial charge in [-0.3, -0.25) is 4.79 Å². The normalized spacial score (nSPS) is 12.4. The molecule has 1 unspecified atom stereocenters. The van der Waals surface area contributed by atoms with Gasteiger partial charge in [-0.05, 0) is 25.1 Å². The van der Waals surface area contributed by atoms with Crippen LogP contribution in [-0.2, 0) is 0 Å². The minimum Gasteiger partial charge on any atom is -0.497 e. The first-order chi connectivity index (χ1) is 8.60. The lowest BCUT2D eigenvalue weighted by atomic mass is 10.3. The standard InChI is InChI=1S/C12H14N2O3S/c1-7(15)6-13-11(16)12-14-9-4-3-8(17-2)5-10(9)18-12/h3-5,7,15H,6H2,1-2H3,(H,13,16). The molecule has 96 valence electrons. The van der Waals surface area contributed by atoms with E-state index in [-0.39, 0.29) is 12.5 Å². The Kier molecular flexibility index (Phi) is 3.78. The molecule has 0 bridgehead atoms. The third-order valence-corrected chi connectivity index (χ3v) is 3.36. The molecule has 0 saturated heterocycles. The number of nitrogens with one attached hydrogen (secondary N) is 1. The molecule has 2 N–H and O–H groups in total. The maximum Gasteiger partial charge on any atom is 0.280 e. The van der Waals surface area contributed by atoms with Crippen LogP contribution in [0.2, 0.25) is 0 Å². The molecule has 0 saturated carbocycles. The Morgan fingerprint density at radius 3 is 3.06 bits per heavy atom. The second-order valence-corrected chi connectivity index (χ2v) is 4.94. The van der Waals surface area contributed by atoms with Gasteiger partial charge in [-0.1, -0.05) is 0 Å². The molecule has 0 fully saturated rings. The number of carbonyl (C=O) groups excluding carboxylic acids is 1. The molecule has 0 spiro atoms. The van der Waals surface area contributed by atoms with Gasteiger partial charge in [0.25, 0.3) is 5.91 Å². The van der Waals surface area contributed by atoms with Gasteiger partial charge in [-0.2, -0.15) is 0 Å². The summed E-state index contributed by atoms with van der Waals surface area (Å²) < 4.78 is 6.02. The molecule has 0 aliphatic carbocycles. The Morgan fingerprint density at radius 2 is 2.39 bits per heavy atom. The van der Waals surface area contributed by atoms with Crippen LogP contribution < -0.4 is 10.1 Å². The fraction of sp³-hybridized carbons (Fsp3) is 0.333. The van der Waals surface area contributed by atoms with Crippen molar-refractivity contribution in [2.24, 2.45) is 0 Å². The van der Waals surface area contributed by atoms with Crippen molar-refractivity contribution in [3.05, 3.63) is 23.2 Å². The summed E-state index contributed by atoms with van der Waals surface area (Å²) in [6, 6.07) is 5.47. The van der Waals surface area contributed by atoms with Crippen LogP contribution in [0.25, 0.3) is 10.2 Å². The molecule has 1 aromatic carbocycles. The molecule has 2 aromatic rings. The quantitative estimate of drug-likeness (QED) is 0.878. The fourth-order valence-corrected chi connectivity index (χ4v) is 2.36. The summed E-state index contributed by atoms with van der Waals surface area (Å²) in [4.78, 5) is 16.0. The minimum absolute atomic E-state index is 0.220. The van der Waals surface area contributed by atoms with Crippen LogP contribution >= 0.6 is 11.3 Å². The van der Waals surface area contributed by atoms with Crippen LogP contribution in [0.1, 0.15) is 16.7 Å². The first-order valence-electron chi connectivity index (χ1n) is 5.51. The van der Waals surface area contributed by atoms with Gasteiger partial charge in [0.05, 0.1) is 23.4 Å². The van der Waals surface area contributed by atoms with Gasteiger partial charge < -0.3 is 15.2 Å². The van der Waals surface area contributed by atoms with Gasteiger partial charge in [0, 0.05) is 6.54 Å². The van der Waals surface area contributed by atoms with Crippen molar-refractivity contribution in [2.45, 2.75) is 13.0 Å². The molecule has 0 radical (unpaired) electrons. The number of ether oxygens (including phenoxy) is 1. The zero-order chi connectivity index (χ0) is 13.1. The number of carbonyl (C=O) groups is 1. The Hall–Kier alpha value is -1.66. The molecule has 0 aliphatic heterocycles. The molecule has 1 atom stereocenters. The van der Waals surface area contributed by atoms with Crippen LogP contribution in [0.3, 0.4) is 0 Å². The highest BCUT2D eigenvalue weighted by atomic mass is 32.1. The van der Waals surface area contributed by atoms with Gasteiger partial charge >= 0.3 is 0 Å². The lowest BCUT2D eigenvalue weighted by molar-refractivity contribution is 0.0924. The Bertz CT molecular complexity index is 565. The van der Waals surface area contributed by atoms with Crippen LogP contribution in [0.15, 0.2) is 18.2 Å². The summed E-state index contributed by atoms with van der Waals surface area (Å²) in [6.45, 7) is 1.83. The highest BCUT2D eigenvalue weighted by Gasteiger charge is 2.12. The van der Waals surface area contributed by atoms with Gasteiger partial charge in [0.15, 0.2) is 5.01 Å². The number of nitrogens with zero attached hydrogens (tertiary/aromatic N) is 1. The molecule has 1 heterocycles. The maximum atomic E-state index is 11.8. The van der Waals surface area contributed by atoms with E-state index in [4.69, 9.17) is 9.84 Å². The lowest BCUT2D eigenvalue weighted by Crippen LogP contribution is -2.30. The summed E-state index contributed by atoms with van der Waals surface area (Å²) >= 11 is 1.30. The number of aliphatic hydroxyl groups is 1.